The highest BCUT2D eigenvalue weighted by Crippen LogP contribution is 2.29. The van der Waals surface area contributed by atoms with Crippen LogP contribution < -0.4 is 9.47 Å². The summed E-state index contributed by atoms with van der Waals surface area (Å²) in [4.78, 5) is 11.1. The Morgan fingerprint density at radius 2 is 1.75 bits per heavy atom. The topological polar surface area (TPSA) is 55.8 Å². The lowest BCUT2D eigenvalue weighted by Crippen LogP contribution is -2.07. The minimum absolute atomic E-state index is 0.0452. The lowest BCUT2D eigenvalue weighted by atomic mass is 9.90. The van der Waals surface area contributed by atoms with Gasteiger partial charge in [0.05, 0.1) is 20.6 Å². The lowest BCUT2D eigenvalue weighted by Gasteiger charge is -2.15. The van der Waals surface area contributed by atoms with E-state index in [0.29, 0.717) is 5.75 Å². The smallest absolute Gasteiger partial charge is 0.303 e. The first kappa shape index (κ1) is 17.9. The molecule has 0 bridgehead atoms. The van der Waals surface area contributed by atoms with Crippen LogP contribution in [-0.2, 0) is 11.2 Å². The predicted octanol–water partition coefficient (Wildman–Crippen LogP) is 4.29. The Morgan fingerprint density at radius 1 is 1.04 bits per heavy atom. The molecule has 24 heavy (non-hydrogen) atoms. The third-order valence-corrected chi connectivity index (χ3v) is 4.16. The van der Waals surface area contributed by atoms with Crippen molar-refractivity contribution >= 4 is 5.97 Å². The number of rotatable bonds is 9. The molecule has 2 aromatic carbocycles. The van der Waals surface area contributed by atoms with Crippen LogP contribution in [0.25, 0.3) is 0 Å². The van der Waals surface area contributed by atoms with Gasteiger partial charge in [-0.05, 0) is 48.4 Å². The van der Waals surface area contributed by atoms with Gasteiger partial charge in [0, 0.05) is 0 Å². The summed E-state index contributed by atoms with van der Waals surface area (Å²) in [6, 6.07) is 15.8. The number of carboxylic acid groups (broad SMARTS) is 1. The number of methoxy groups -OCH3 is 2. The second kappa shape index (κ2) is 8.96. The van der Waals surface area contributed by atoms with Crippen LogP contribution in [0.3, 0.4) is 0 Å². The second-order valence-electron chi connectivity index (χ2n) is 5.79. The van der Waals surface area contributed by atoms with Crippen molar-refractivity contribution in [1.29, 1.82) is 0 Å². The van der Waals surface area contributed by atoms with E-state index in [1.807, 2.05) is 48.5 Å². The molecule has 0 amide bonds. The van der Waals surface area contributed by atoms with Crippen LogP contribution in [0.2, 0.25) is 0 Å². The largest absolute Gasteiger partial charge is 0.493 e. The fraction of sp³-hybridized carbons (Fsp3) is 0.350. The van der Waals surface area contributed by atoms with Gasteiger partial charge in [-0.3, -0.25) is 4.79 Å². The molecule has 2 aromatic rings. The number of hydrogen-bond acceptors (Lipinski definition) is 3. The third-order valence-electron chi connectivity index (χ3n) is 4.16. The number of carboxylic acids is 1. The summed E-state index contributed by atoms with van der Waals surface area (Å²) in [7, 11) is 3.24. The van der Waals surface area contributed by atoms with Crippen molar-refractivity contribution in [2.75, 3.05) is 14.2 Å². The first-order valence-corrected chi connectivity index (χ1v) is 8.11. The van der Waals surface area contributed by atoms with Crippen molar-refractivity contribution in [2.45, 2.75) is 31.6 Å². The Morgan fingerprint density at radius 3 is 2.38 bits per heavy atom. The van der Waals surface area contributed by atoms with Gasteiger partial charge in [-0.1, -0.05) is 36.4 Å². The Bertz CT molecular complexity index is 652. The number of aryl methyl sites for hydroxylation is 1. The molecule has 0 aliphatic carbocycles. The molecular weight excluding hydrogens is 304 g/mol. The molecule has 0 aromatic heterocycles. The van der Waals surface area contributed by atoms with E-state index in [4.69, 9.17) is 14.6 Å². The molecule has 1 atom stereocenters. The van der Waals surface area contributed by atoms with Gasteiger partial charge in [0.1, 0.15) is 0 Å². The van der Waals surface area contributed by atoms with Crippen LogP contribution in [0.15, 0.2) is 48.5 Å². The van der Waals surface area contributed by atoms with E-state index in [1.54, 1.807) is 14.2 Å². The number of carbonyl (C=O) groups is 1. The van der Waals surface area contributed by atoms with E-state index in [2.05, 4.69) is 0 Å². The molecule has 1 N–H and O–H groups in total. The zero-order valence-electron chi connectivity index (χ0n) is 14.2. The van der Waals surface area contributed by atoms with Gasteiger partial charge in [0.25, 0.3) is 0 Å². The second-order valence-corrected chi connectivity index (χ2v) is 5.79. The SMILES string of the molecule is COc1ccc(CCCC(CC(=O)O)c2ccccc2)cc1OC. The van der Waals surface area contributed by atoms with E-state index in [1.165, 1.54) is 0 Å². The van der Waals surface area contributed by atoms with Gasteiger partial charge in [0.2, 0.25) is 0 Å². The van der Waals surface area contributed by atoms with E-state index < -0.39 is 5.97 Å². The highest BCUT2D eigenvalue weighted by Gasteiger charge is 2.15. The summed E-state index contributed by atoms with van der Waals surface area (Å²) in [5, 5.41) is 9.16. The van der Waals surface area contributed by atoms with Crippen molar-refractivity contribution < 1.29 is 19.4 Å². The maximum atomic E-state index is 11.1. The van der Waals surface area contributed by atoms with Gasteiger partial charge in [-0.15, -0.1) is 0 Å². The van der Waals surface area contributed by atoms with Gasteiger partial charge in [-0.25, -0.2) is 0 Å². The molecule has 0 aliphatic rings. The van der Waals surface area contributed by atoms with Crippen molar-refractivity contribution in [1.82, 2.24) is 0 Å². The number of ether oxygens (including phenoxy) is 2. The van der Waals surface area contributed by atoms with Crippen LogP contribution in [0.4, 0.5) is 0 Å². The molecule has 1 unspecified atom stereocenters. The molecule has 2 rings (SSSR count). The average molecular weight is 328 g/mol. The van der Waals surface area contributed by atoms with Gasteiger partial charge in [0.15, 0.2) is 11.5 Å². The van der Waals surface area contributed by atoms with Crippen LogP contribution >= 0.6 is 0 Å². The van der Waals surface area contributed by atoms with Gasteiger partial charge < -0.3 is 14.6 Å². The molecule has 0 saturated carbocycles. The molecule has 4 heteroatoms. The molecular formula is C20H24O4. The fourth-order valence-electron chi connectivity index (χ4n) is 2.91. The molecule has 128 valence electrons. The Kier molecular flexibility index (Phi) is 6.67. The monoisotopic (exact) mass is 328 g/mol. The standard InChI is InChI=1S/C20H24O4/c1-23-18-12-11-15(13-19(18)24-2)7-6-10-17(14-20(21)22)16-8-4-3-5-9-16/h3-5,8-9,11-13,17H,6-7,10,14H2,1-2H3,(H,21,22). The number of aliphatic carboxylic acids is 1. The van der Waals surface area contributed by atoms with E-state index in [9.17, 15) is 4.79 Å². The van der Waals surface area contributed by atoms with Gasteiger partial charge >= 0.3 is 5.97 Å². The Balaban J connectivity index is 1.98. The minimum atomic E-state index is -0.755. The molecule has 0 spiro atoms. The Labute approximate surface area is 143 Å². The minimum Gasteiger partial charge on any atom is -0.493 e. The summed E-state index contributed by atoms with van der Waals surface area (Å²) in [6.07, 6.45) is 2.80. The molecule has 0 radical (unpaired) electrons. The van der Waals surface area contributed by atoms with Crippen molar-refractivity contribution in [3.63, 3.8) is 0 Å². The quantitative estimate of drug-likeness (QED) is 0.746. The molecule has 0 aliphatic heterocycles. The fourth-order valence-corrected chi connectivity index (χ4v) is 2.91. The Hall–Kier alpha value is -2.49. The predicted molar refractivity (Wildman–Crippen MR) is 93.9 cm³/mol. The van der Waals surface area contributed by atoms with E-state index >= 15 is 0 Å². The molecule has 4 nitrogen and oxygen atoms in total. The van der Waals surface area contributed by atoms with Crippen LogP contribution in [0.1, 0.15) is 36.3 Å². The van der Waals surface area contributed by atoms with Crippen LogP contribution in [0, 0.1) is 0 Å². The molecule has 0 fully saturated rings. The maximum Gasteiger partial charge on any atom is 0.303 e. The van der Waals surface area contributed by atoms with Crippen LogP contribution in [-0.4, -0.2) is 25.3 Å². The average Bonchev–Trinajstić information content (AvgIpc) is 2.61. The summed E-state index contributed by atoms with van der Waals surface area (Å²) >= 11 is 0. The first-order valence-electron chi connectivity index (χ1n) is 8.11. The highest BCUT2D eigenvalue weighted by molar-refractivity contribution is 5.68. The normalized spacial score (nSPS) is 11.8. The number of benzene rings is 2. The highest BCUT2D eigenvalue weighted by atomic mass is 16.5. The maximum absolute atomic E-state index is 11.1. The third kappa shape index (κ3) is 5.01. The van der Waals surface area contributed by atoms with Crippen molar-refractivity contribution in [2.24, 2.45) is 0 Å². The van der Waals surface area contributed by atoms with Gasteiger partial charge in [-0.2, -0.15) is 0 Å². The van der Waals surface area contributed by atoms with E-state index in [-0.39, 0.29) is 12.3 Å². The number of hydrogen-bond donors (Lipinski definition) is 1. The summed E-state index contributed by atoms with van der Waals surface area (Å²) in [5.74, 6) is 0.730. The first-order chi connectivity index (χ1) is 11.6. The molecule has 0 heterocycles. The van der Waals surface area contributed by atoms with Crippen LogP contribution in [0.5, 0.6) is 11.5 Å². The molecule has 0 saturated heterocycles. The zero-order valence-corrected chi connectivity index (χ0v) is 14.2. The summed E-state index contributed by atoms with van der Waals surface area (Å²) < 4.78 is 10.6. The van der Waals surface area contributed by atoms with Crippen molar-refractivity contribution in [3.8, 4) is 11.5 Å². The van der Waals surface area contributed by atoms with E-state index in [0.717, 1.165) is 36.1 Å². The van der Waals surface area contributed by atoms with Crippen molar-refractivity contribution in [3.05, 3.63) is 59.7 Å². The zero-order chi connectivity index (χ0) is 17.4. The summed E-state index contributed by atoms with van der Waals surface area (Å²) in [5.41, 5.74) is 2.25. The lowest BCUT2D eigenvalue weighted by molar-refractivity contribution is -0.137. The summed E-state index contributed by atoms with van der Waals surface area (Å²) in [6.45, 7) is 0.